The van der Waals surface area contributed by atoms with Crippen molar-refractivity contribution in [2.45, 2.75) is 12.5 Å². The number of anilines is 1. The van der Waals surface area contributed by atoms with E-state index in [9.17, 15) is 4.79 Å². The van der Waals surface area contributed by atoms with E-state index in [4.69, 9.17) is 9.47 Å². The summed E-state index contributed by atoms with van der Waals surface area (Å²) in [5.74, 6) is 1.47. The topological polar surface area (TPSA) is 59.6 Å². The van der Waals surface area contributed by atoms with E-state index in [1.54, 1.807) is 0 Å². The standard InChI is InChI=1S/C18H20N2O3/c21-18(12-17-13-19-10-11-22-17)20-14-6-8-16(9-7-14)23-15-4-2-1-3-5-15/h1-9,17,19H,10-13H2,(H,20,21)/t17-/m0/s1. The van der Waals surface area contributed by atoms with Crippen LogP contribution in [-0.4, -0.2) is 31.7 Å². The Labute approximate surface area is 135 Å². The molecular formula is C18H20N2O3. The Hall–Kier alpha value is -2.37. The molecule has 1 aliphatic rings. The maximum absolute atomic E-state index is 12.0. The van der Waals surface area contributed by atoms with Gasteiger partial charge in [0.1, 0.15) is 11.5 Å². The predicted octanol–water partition coefficient (Wildman–Crippen LogP) is 2.80. The van der Waals surface area contributed by atoms with Crippen LogP contribution in [-0.2, 0) is 9.53 Å². The first kappa shape index (κ1) is 15.5. The minimum Gasteiger partial charge on any atom is -0.457 e. The molecule has 1 atom stereocenters. The molecule has 1 saturated heterocycles. The third-order valence-electron chi connectivity index (χ3n) is 3.53. The summed E-state index contributed by atoms with van der Waals surface area (Å²) in [5.41, 5.74) is 0.749. The fraction of sp³-hybridized carbons (Fsp3) is 0.278. The van der Waals surface area contributed by atoms with Crippen molar-refractivity contribution in [3.63, 3.8) is 0 Å². The number of carbonyl (C=O) groups is 1. The van der Waals surface area contributed by atoms with Crippen molar-refractivity contribution in [2.75, 3.05) is 25.0 Å². The molecule has 5 nitrogen and oxygen atoms in total. The van der Waals surface area contributed by atoms with Gasteiger partial charge in [-0.15, -0.1) is 0 Å². The average Bonchev–Trinajstić information content (AvgIpc) is 2.58. The molecule has 1 fully saturated rings. The number of benzene rings is 2. The van der Waals surface area contributed by atoms with Crippen LogP contribution in [0.5, 0.6) is 11.5 Å². The first-order valence-electron chi connectivity index (χ1n) is 7.75. The molecule has 0 bridgehead atoms. The number of amides is 1. The highest BCUT2D eigenvalue weighted by atomic mass is 16.5. The van der Waals surface area contributed by atoms with Gasteiger partial charge >= 0.3 is 0 Å². The number of hydrogen-bond acceptors (Lipinski definition) is 4. The van der Waals surface area contributed by atoms with Crippen LogP contribution in [0.25, 0.3) is 0 Å². The van der Waals surface area contributed by atoms with Gasteiger partial charge in [0.25, 0.3) is 0 Å². The number of carbonyl (C=O) groups excluding carboxylic acids is 1. The molecule has 1 heterocycles. The molecule has 2 N–H and O–H groups in total. The summed E-state index contributed by atoms with van der Waals surface area (Å²) in [4.78, 5) is 12.0. The number of morpholine rings is 1. The van der Waals surface area contributed by atoms with E-state index in [0.717, 1.165) is 30.3 Å². The Kier molecular flexibility index (Phi) is 5.24. The first-order valence-corrected chi connectivity index (χ1v) is 7.75. The van der Waals surface area contributed by atoms with Gasteiger partial charge in [0.05, 0.1) is 19.1 Å². The van der Waals surface area contributed by atoms with Crippen molar-refractivity contribution in [3.8, 4) is 11.5 Å². The maximum Gasteiger partial charge on any atom is 0.227 e. The lowest BCUT2D eigenvalue weighted by Crippen LogP contribution is -2.40. The number of rotatable bonds is 5. The van der Waals surface area contributed by atoms with Gasteiger partial charge in [-0.1, -0.05) is 18.2 Å². The van der Waals surface area contributed by atoms with E-state index in [1.165, 1.54) is 0 Å². The first-order chi connectivity index (χ1) is 11.3. The molecule has 23 heavy (non-hydrogen) atoms. The quantitative estimate of drug-likeness (QED) is 0.891. The summed E-state index contributed by atoms with van der Waals surface area (Å²) in [6.45, 7) is 2.22. The summed E-state index contributed by atoms with van der Waals surface area (Å²) in [6, 6.07) is 16.9. The number of ether oxygens (including phenoxy) is 2. The number of nitrogens with one attached hydrogen (secondary N) is 2. The van der Waals surface area contributed by atoms with Gasteiger partial charge in [-0.2, -0.15) is 0 Å². The van der Waals surface area contributed by atoms with Crippen LogP contribution in [0.1, 0.15) is 6.42 Å². The lowest BCUT2D eigenvalue weighted by Gasteiger charge is -2.23. The van der Waals surface area contributed by atoms with E-state index >= 15 is 0 Å². The lowest BCUT2D eigenvalue weighted by molar-refractivity contribution is -0.119. The summed E-state index contributed by atoms with van der Waals surface area (Å²) >= 11 is 0. The zero-order chi connectivity index (χ0) is 15.9. The second-order valence-corrected chi connectivity index (χ2v) is 5.39. The van der Waals surface area contributed by atoms with Gasteiger partial charge < -0.3 is 20.1 Å². The van der Waals surface area contributed by atoms with Crippen molar-refractivity contribution >= 4 is 11.6 Å². The zero-order valence-corrected chi connectivity index (χ0v) is 12.8. The van der Waals surface area contributed by atoms with Crippen LogP contribution in [0.15, 0.2) is 54.6 Å². The van der Waals surface area contributed by atoms with Crippen LogP contribution >= 0.6 is 0 Å². The third-order valence-corrected chi connectivity index (χ3v) is 3.53. The van der Waals surface area contributed by atoms with Crippen molar-refractivity contribution in [3.05, 3.63) is 54.6 Å². The highest BCUT2D eigenvalue weighted by Crippen LogP contribution is 2.22. The minimum absolute atomic E-state index is 0.0459. The normalized spacial score (nSPS) is 17.5. The molecule has 0 aliphatic carbocycles. The summed E-state index contributed by atoms with van der Waals surface area (Å²) in [6.07, 6.45) is 0.305. The van der Waals surface area contributed by atoms with Gasteiger partial charge in [0, 0.05) is 18.8 Å². The van der Waals surface area contributed by atoms with Crippen LogP contribution in [0.4, 0.5) is 5.69 Å². The molecule has 2 aromatic carbocycles. The molecule has 0 unspecified atom stereocenters. The van der Waals surface area contributed by atoms with E-state index in [-0.39, 0.29) is 12.0 Å². The Morgan fingerprint density at radius 1 is 1.13 bits per heavy atom. The molecule has 3 rings (SSSR count). The molecule has 1 aliphatic heterocycles. The van der Waals surface area contributed by atoms with Gasteiger partial charge in [-0.3, -0.25) is 4.79 Å². The molecule has 1 amide bonds. The monoisotopic (exact) mass is 312 g/mol. The molecule has 120 valence electrons. The van der Waals surface area contributed by atoms with Crippen LogP contribution < -0.4 is 15.4 Å². The second kappa shape index (κ2) is 7.76. The molecule has 2 aromatic rings. The summed E-state index contributed by atoms with van der Waals surface area (Å²) in [7, 11) is 0. The van der Waals surface area contributed by atoms with Gasteiger partial charge in [-0.05, 0) is 36.4 Å². The molecule has 0 aromatic heterocycles. The largest absolute Gasteiger partial charge is 0.457 e. The second-order valence-electron chi connectivity index (χ2n) is 5.39. The minimum atomic E-state index is -0.0514. The molecule has 0 spiro atoms. The predicted molar refractivity (Wildman–Crippen MR) is 88.8 cm³/mol. The Balaban J connectivity index is 1.51. The Morgan fingerprint density at radius 2 is 1.87 bits per heavy atom. The van der Waals surface area contributed by atoms with Crippen LogP contribution in [0, 0.1) is 0 Å². The smallest absolute Gasteiger partial charge is 0.227 e. The van der Waals surface area contributed by atoms with Crippen LogP contribution in [0.3, 0.4) is 0 Å². The average molecular weight is 312 g/mol. The Morgan fingerprint density at radius 3 is 2.57 bits per heavy atom. The highest BCUT2D eigenvalue weighted by molar-refractivity contribution is 5.91. The molecule has 0 saturated carbocycles. The fourth-order valence-electron chi connectivity index (χ4n) is 2.40. The fourth-order valence-corrected chi connectivity index (χ4v) is 2.40. The van der Waals surface area contributed by atoms with Crippen molar-refractivity contribution in [1.29, 1.82) is 0 Å². The molecule has 0 radical (unpaired) electrons. The van der Waals surface area contributed by atoms with Gasteiger partial charge in [0.2, 0.25) is 5.91 Å². The summed E-state index contributed by atoms with van der Waals surface area (Å²) < 4.78 is 11.2. The maximum atomic E-state index is 12.0. The third kappa shape index (κ3) is 4.81. The van der Waals surface area contributed by atoms with E-state index in [2.05, 4.69) is 10.6 Å². The summed E-state index contributed by atoms with van der Waals surface area (Å²) in [5, 5.41) is 6.09. The zero-order valence-electron chi connectivity index (χ0n) is 12.8. The van der Waals surface area contributed by atoms with Gasteiger partial charge in [-0.25, -0.2) is 0 Å². The van der Waals surface area contributed by atoms with E-state index in [0.29, 0.717) is 13.0 Å². The SMILES string of the molecule is O=C(C[C@H]1CNCCO1)Nc1ccc(Oc2ccccc2)cc1. The van der Waals surface area contributed by atoms with Crippen molar-refractivity contribution in [2.24, 2.45) is 0 Å². The molecule has 5 heteroatoms. The van der Waals surface area contributed by atoms with Gasteiger partial charge in [0.15, 0.2) is 0 Å². The van der Waals surface area contributed by atoms with E-state index < -0.39 is 0 Å². The van der Waals surface area contributed by atoms with Crippen LogP contribution in [0.2, 0.25) is 0 Å². The number of para-hydroxylation sites is 1. The highest BCUT2D eigenvalue weighted by Gasteiger charge is 2.17. The van der Waals surface area contributed by atoms with E-state index in [1.807, 2.05) is 54.6 Å². The van der Waals surface area contributed by atoms with Crippen molar-refractivity contribution < 1.29 is 14.3 Å². The molecular weight excluding hydrogens is 292 g/mol. The lowest BCUT2D eigenvalue weighted by atomic mass is 10.2. The number of hydrogen-bond donors (Lipinski definition) is 2. The van der Waals surface area contributed by atoms with Crippen molar-refractivity contribution in [1.82, 2.24) is 5.32 Å². The Bertz CT molecular complexity index is 622.